The van der Waals surface area contributed by atoms with E-state index < -0.39 is 0 Å². The Morgan fingerprint density at radius 3 is 2.84 bits per heavy atom. The molecular weight excluding hydrogens is 256 g/mol. The summed E-state index contributed by atoms with van der Waals surface area (Å²) >= 11 is 1.57. The van der Waals surface area contributed by atoms with Crippen molar-refractivity contribution in [3.05, 3.63) is 58.1 Å². The number of benzene rings is 1. The molecule has 0 radical (unpaired) electrons. The van der Waals surface area contributed by atoms with Gasteiger partial charge in [-0.05, 0) is 18.6 Å². The molecule has 98 valence electrons. The molecule has 0 aliphatic carbocycles. The van der Waals surface area contributed by atoms with Crippen molar-refractivity contribution in [3.8, 4) is 0 Å². The zero-order chi connectivity index (χ0) is 13.5. The fourth-order valence-corrected chi connectivity index (χ4v) is 2.26. The van der Waals surface area contributed by atoms with Crippen LogP contribution in [0.1, 0.15) is 18.2 Å². The van der Waals surface area contributed by atoms with Crippen LogP contribution in [0.2, 0.25) is 0 Å². The van der Waals surface area contributed by atoms with Gasteiger partial charge in [0.1, 0.15) is 0 Å². The minimum atomic E-state index is -0.0286. The van der Waals surface area contributed by atoms with Gasteiger partial charge in [-0.3, -0.25) is 4.79 Å². The first kappa shape index (κ1) is 13.5. The first-order valence-corrected chi connectivity index (χ1v) is 7.08. The van der Waals surface area contributed by atoms with Crippen LogP contribution in [-0.4, -0.2) is 17.4 Å². The molecule has 0 saturated carbocycles. The van der Waals surface area contributed by atoms with Crippen molar-refractivity contribution in [3.63, 3.8) is 0 Å². The van der Waals surface area contributed by atoms with Gasteiger partial charge in [0.15, 0.2) is 0 Å². The Labute approximate surface area is 117 Å². The second kappa shape index (κ2) is 6.85. The van der Waals surface area contributed by atoms with Crippen LogP contribution in [0, 0.1) is 0 Å². The smallest absolute Gasteiger partial charge is 0.246 e. The lowest BCUT2D eigenvalue weighted by atomic mass is 10.1. The highest BCUT2D eigenvalue weighted by atomic mass is 32.1. The maximum absolute atomic E-state index is 11.9. The normalized spacial score (nSPS) is 11.3. The van der Waals surface area contributed by atoms with E-state index in [2.05, 4.69) is 10.3 Å². The predicted octanol–water partition coefficient (Wildman–Crippen LogP) is 2.91. The van der Waals surface area contributed by atoms with Crippen molar-refractivity contribution in [1.82, 2.24) is 10.3 Å². The molecule has 1 amide bonds. The van der Waals surface area contributed by atoms with E-state index >= 15 is 0 Å². The molecule has 0 bridgehead atoms. The van der Waals surface area contributed by atoms with Gasteiger partial charge in [-0.1, -0.05) is 30.3 Å². The number of nitrogens with one attached hydrogen (secondary N) is 1. The van der Waals surface area contributed by atoms with Crippen LogP contribution in [0.25, 0.3) is 6.08 Å². The number of amides is 1. The number of carbonyl (C=O) groups is 1. The summed E-state index contributed by atoms with van der Waals surface area (Å²) in [4.78, 5) is 16.1. The molecule has 0 unspecified atom stereocenters. The highest BCUT2D eigenvalue weighted by Crippen LogP contribution is 2.06. The lowest BCUT2D eigenvalue weighted by Gasteiger charge is -2.04. The Bertz CT molecular complexity index is 547. The predicted molar refractivity (Wildman–Crippen MR) is 78.9 cm³/mol. The summed E-state index contributed by atoms with van der Waals surface area (Å²) in [7, 11) is 0. The minimum absolute atomic E-state index is 0.0286. The van der Waals surface area contributed by atoms with Crippen molar-refractivity contribution in [2.75, 3.05) is 6.54 Å². The largest absolute Gasteiger partial charge is 0.352 e. The molecule has 2 aromatic rings. The summed E-state index contributed by atoms with van der Waals surface area (Å²) in [5, 5.41) is 4.90. The highest BCUT2D eigenvalue weighted by Gasteiger charge is 2.04. The molecule has 2 rings (SSSR count). The lowest BCUT2D eigenvalue weighted by molar-refractivity contribution is -0.117. The molecule has 0 aliphatic rings. The van der Waals surface area contributed by atoms with Crippen molar-refractivity contribution < 1.29 is 4.79 Å². The summed E-state index contributed by atoms with van der Waals surface area (Å²) in [6.07, 6.45) is 2.66. The van der Waals surface area contributed by atoms with E-state index in [0.717, 1.165) is 17.7 Å². The van der Waals surface area contributed by atoms with Crippen molar-refractivity contribution in [2.45, 2.75) is 13.3 Å². The number of carbonyl (C=O) groups excluding carboxylic acids is 1. The molecule has 4 heteroatoms. The summed E-state index contributed by atoms with van der Waals surface area (Å²) in [6, 6.07) is 9.83. The van der Waals surface area contributed by atoms with Gasteiger partial charge in [-0.15, -0.1) is 11.3 Å². The monoisotopic (exact) mass is 272 g/mol. The molecule has 0 aliphatic heterocycles. The number of nitrogens with zero attached hydrogens (tertiary/aromatic N) is 1. The van der Waals surface area contributed by atoms with Crippen molar-refractivity contribution in [1.29, 1.82) is 0 Å². The number of thiazole rings is 1. The highest BCUT2D eigenvalue weighted by molar-refractivity contribution is 7.07. The second-order valence-corrected chi connectivity index (χ2v) is 4.94. The molecule has 1 N–H and O–H groups in total. The van der Waals surface area contributed by atoms with Gasteiger partial charge in [-0.2, -0.15) is 0 Å². The quantitative estimate of drug-likeness (QED) is 0.850. The van der Waals surface area contributed by atoms with Crippen LogP contribution in [0.15, 0.2) is 46.8 Å². The van der Waals surface area contributed by atoms with Gasteiger partial charge in [0.05, 0.1) is 11.2 Å². The van der Waals surface area contributed by atoms with Crippen LogP contribution in [0.3, 0.4) is 0 Å². The van der Waals surface area contributed by atoms with E-state index in [1.807, 2.05) is 48.7 Å². The maximum Gasteiger partial charge on any atom is 0.246 e. The molecule has 0 atom stereocenters. The van der Waals surface area contributed by atoms with Gasteiger partial charge in [0.25, 0.3) is 0 Å². The standard InChI is InChI=1S/C15H16N2OS/c1-12(9-13-5-3-2-4-6-13)15(18)16-8-7-14-10-19-11-17-14/h2-6,9-11H,7-8H2,1H3,(H,16,18)/b12-9+. The molecule has 1 heterocycles. The van der Waals surface area contributed by atoms with Crippen LogP contribution < -0.4 is 5.32 Å². The average Bonchev–Trinajstić information content (AvgIpc) is 2.93. The second-order valence-electron chi connectivity index (χ2n) is 4.22. The average molecular weight is 272 g/mol. The third-order valence-electron chi connectivity index (χ3n) is 2.69. The molecule has 0 saturated heterocycles. The Kier molecular flexibility index (Phi) is 4.86. The Morgan fingerprint density at radius 2 is 2.16 bits per heavy atom. The number of hydrogen-bond acceptors (Lipinski definition) is 3. The van der Waals surface area contributed by atoms with E-state index in [4.69, 9.17) is 0 Å². The van der Waals surface area contributed by atoms with E-state index in [1.54, 1.807) is 16.8 Å². The Morgan fingerprint density at radius 1 is 1.37 bits per heavy atom. The first-order valence-electron chi connectivity index (χ1n) is 6.14. The molecule has 19 heavy (non-hydrogen) atoms. The third-order valence-corrected chi connectivity index (χ3v) is 3.33. The topological polar surface area (TPSA) is 42.0 Å². The molecule has 1 aromatic heterocycles. The summed E-state index contributed by atoms with van der Waals surface area (Å²) in [6.45, 7) is 2.44. The maximum atomic E-state index is 11.9. The molecular formula is C15H16N2OS. The number of rotatable bonds is 5. The number of aromatic nitrogens is 1. The SMILES string of the molecule is C/C(=C\c1ccccc1)C(=O)NCCc1cscn1. The van der Waals surface area contributed by atoms with Gasteiger partial charge in [-0.25, -0.2) is 4.98 Å². The fourth-order valence-electron chi connectivity index (χ4n) is 1.67. The summed E-state index contributed by atoms with van der Waals surface area (Å²) < 4.78 is 0. The lowest BCUT2D eigenvalue weighted by Crippen LogP contribution is -2.26. The summed E-state index contributed by atoms with van der Waals surface area (Å²) in [5.74, 6) is -0.0286. The zero-order valence-corrected chi connectivity index (χ0v) is 11.6. The van der Waals surface area contributed by atoms with Crippen LogP contribution in [0.5, 0.6) is 0 Å². The van der Waals surface area contributed by atoms with Gasteiger partial charge >= 0.3 is 0 Å². The van der Waals surface area contributed by atoms with Crippen LogP contribution in [-0.2, 0) is 11.2 Å². The molecule has 0 spiro atoms. The van der Waals surface area contributed by atoms with E-state index in [9.17, 15) is 4.79 Å². The van der Waals surface area contributed by atoms with E-state index in [0.29, 0.717) is 12.1 Å². The van der Waals surface area contributed by atoms with Crippen molar-refractivity contribution >= 4 is 23.3 Å². The zero-order valence-electron chi connectivity index (χ0n) is 10.8. The Hall–Kier alpha value is -1.94. The van der Waals surface area contributed by atoms with Crippen molar-refractivity contribution in [2.24, 2.45) is 0 Å². The van der Waals surface area contributed by atoms with Crippen LogP contribution in [0.4, 0.5) is 0 Å². The minimum Gasteiger partial charge on any atom is -0.352 e. The Balaban J connectivity index is 1.84. The summed E-state index contributed by atoms with van der Waals surface area (Å²) in [5.41, 5.74) is 4.58. The van der Waals surface area contributed by atoms with Gasteiger partial charge in [0, 0.05) is 23.9 Å². The third kappa shape index (κ3) is 4.34. The molecule has 0 fully saturated rings. The molecule has 3 nitrogen and oxygen atoms in total. The van der Waals surface area contributed by atoms with Gasteiger partial charge < -0.3 is 5.32 Å². The van der Waals surface area contributed by atoms with E-state index in [-0.39, 0.29) is 5.91 Å². The van der Waals surface area contributed by atoms with Crippen LogP contribution >= 0.6 is 11.3 Å². The first-order chi connectivity index (χ1) is 9.25. The molecule has 1 aromatic carbocycles. The fraction of sp³-hybridized carbons (Fsp3) is 0.200. The number of hydrogen-bond donors (Lipinski definition) is 1. The van der Waals surface area contributed by atoms with Gasteiger partial charge in [0.2, 0.25) is 5.91 Å². The van der Waals surface area contributed by atoms with E-state index in [1.165, 1.54) is 0 Å².